The molecule has 1 aliphatic rings. The van der Waals surface area contributed by atoms with E-state index in [9.17, 15) is 4.21 Å². The molecule has 0 radical (unpaired) electrons. The van der Waals surface area contributed by atoms with Crippen LogP contribution in [0.4, 0.5) is 0 Å². The molecule has 0 aliphatic heterocycles. The highest BCUT2D eigenvalue weighted by atomic mass is 35.5. The largest absolute Gasteiger partial charge is 0.314 e. The Morgan fingerprint density at radius 2 is 2.00 bits per heavy atom. The van der Waals surface area contributed by atoms with Crippen molar-refractivity contribution in [1.29, 1.82) is 0 Å². The fourth-order valence-electron chi connectivity index (χ4n) is 2.72. The monoisotopic (exact) mass is 285 g/mol. The molecule has 2 rings (SSSR count). The fraction of sp³-hybridized carbons (Fsp3) is 0.571. The van der Waals surface area contributed by atoms with Crippen molar-refractivity contribution in [3.8, 4) is 0 Å². The molecule has 1 fully saturated rings. The van der Waals surface area contributed by atoms with Crippen molar-refractivity contribution in [2.45, 2.75) is 42.9 Å². The molecule has 1 saturated carbocycles. The molecule has 0 amide bonds. The van der Waals surface area contributed by atoms with Crippen LogP contribution in [0.2, 0.25) is 5.02 Å². The Hall–Kier alpha value is -0.380. The first kappa shape index (κ1) is 14.0. The maximum absolute atomic E-state index is 12.6. The Morgan fingerprint density at radius 3 is 2.61 bits per heavy atom. The van der Waals surface area contributed by atoms with Crippen LogP contribution in [-0.4, -0.2) is 22.0 Å². The molecule has 0 saturated heterocycles. The second kappa shape index (κ2) is 6.18. The summed E-state index contributed by atoms with van der Waals surface area (Å²) in [6.07, 6.45) is 2.16. The lowest BCUT2D eigenvalue weighted by Crippen LogP contribution is -2.34. The van der Waals surface area contributed by atoms with Crippen LogP contribution in [0.3, 0.4) is 0 Å². The minimum Gasteiger partial charge on any atom is -0.314 e. The summed E-state index contributed by atoms with van der Waals surface area (Å²) in [5, 5.41) is 4.44. The van der Waals surface area contributed by atoms with Crippen molar-refractivity contribution in [1.82, 2.24) is 5.32 Å². The van der Waals surface area contributed by atoms with Gasteiger partial charge in [-0.2, -0.15) is 0 Å². The summed E-state index contributed by atoms with van der Waals surface area (Å²) in [6, 6.07) is 7.90. The van der Waals surface area contributed by atoms with Crippen LogP contribution in [-0.2, 0) is 10.8 Å². The van der Waals surface area contributed by atoms with Crippen LogP contribution in [0.5, 0.6) is 0 Å². The topological polar surface area (TPSA) is 29.1 Å². The standard InChI is InChI=1S/C14H20ClNOS/c1-3-16-13-8-9-14(10(13)2)18(17)12-6-4-11(15)5-7-12/h4-7,10,13-14,16H,3,8-9H2,1-2H3. The van der Waals surface area contributed by atoms with Crippen LogP contribution in [0.15, 0.2) is 29.2 Å². The summed E-state index contributed by atoms with van der Waals surface area (Å²) < 4.78 is 12.6. The van der Waals surface area contributed by atoms with E-state index >= 15 is 0 Å². The summed E-state index contributed by atoms with van der Waals surface area (Å²) in [4.78, 5) is 0.897. The molecule has 4 heteroatoms. The summed E-state index contributed by atoms with van der Waals surface area (Å²) in [7, 11) is -0.920. The lowest BCUT2D eigenvalue weighted by atomic mass is 10.1. The first-order valence-corrected chi connectivity index (χ1v) is 8.12. The lowest BCUT2D eigenvalue weighted by Gasteiger charge is -2.21. The number of benzene rings is 1. The Labute approximate surface area is 117 Å². The molecule has 0 heterocycles. The number of nitrogens with one attached hydrogen (secondary N) is 1. The second-order valence-corrected chi connectivity index (χ2v) is 7.00. The average Bonchev–Trinajstić information content (AvgIpc) is 2.72. The number of rotatable bonds is 4. The van der Waals surface area contributed by atoms with Crippen molar-refractivity contribution >= 4 is 22.4 Å². The van der Waals surface area contributed by atoms with E-state index in [1.54, 1.807) is 0 Å². The van der Waals surface area contributed by atoms with E-state index in [0.29, 0.717) is 17.0 Å². The van der Waals surface area contributed by atoms with E-state index in [0.717, 1.165) is 24.3 Å². The molecule has 0 bridgehead atoms. The van der Waals surface area contributed by atoms with E-state index in [1.165, 1.54) is 0 Å². The van der Waals surface area contributed by atoms with Crippen molar-refractivity contribution in [2.24, 2.45) is 5.92 Å². The van der Waals surface area contributed by atoms with Crippen LogP contribution in [0.1, 0.15) is 26.7 Å². The SMILES string of the molecule is CCNC1CCC(S(=O)c2ccc(Cl)cc2)C1C. The first-order chi connectivity index (χ1) is 8.63. The summed E-state index contributed by atoms with van der Waals surface area (Å²) >= 11 is 5.86. The van der Waals surface area contributed by atoms with E-state index in [4.69, 9.17) is 11.6 Å². The van der Waals surface area contributed by atoms with Crippen LogP contribution in [0.25, 0.3) is 0 Å². The van der Waals surface area contributed by atoms with Gasteiger partial charge in [-0.15, -0.1) is 0 Å². The van der Waals surface area contributed by atoms with Gasteiger partial charge in [0.2, 0.25) is 0 Å². The van der Waals surface area contributed by atoms with E-state index in [-0.39, 0.29) is 5.25 Å². The molecule has 1 N–H and O–H groups in total. The molecule has 1 aliphatic carbocycles. The highest BCUT2D eigenvalue weighted by Crippen LogP contribution is 2.32. The maximum Gasteiger partial charge on any atom is 0.0564 e. The summed E-state index contributed by atoms with van der Waals surface area (Å²) in [5.41, 5.74) is 0. The van der Waals surface area contributed by atoms with Gasteiger partial charge in [0.05, 0.1) is 10.8 Å². The normalized spacial score (nSPS) is 29.4. The summed E-state index contributed by atoms with van der Waals surface area (Å²) in [6.45, 7) is 5.31. The minimum absolute atomic E-state index is 0.259. The van der Waals surface area contributed by atoms with Gasteiger partial charge in [-0.3, -0.25) is 4.21 Å². The molecular weight excluding hydrogens is 266 g/mol. The van der Waals surface area contributed by atoms with Gasteiger partial charge in [-0.25, -0.2) is 0 Å². The molecule has 0 spiro atoms. The van der Waals surface area contributed by atoms with Gasteiger partial charge in [0.15, 0.2) is 0 Å². The zero-order valence-corrected chi connectivity index (χ0v) is 12.4. The Bertz CT molecular complexity index is 420. The Kier molecular flexibility index (Phi) is 4.82. The van der Waals surface area contributed by atoms with Gasteiger partial charge in [0.25, 0.3) is 0 Å². The zero-order chi connectivity index (χ0) is 13.1. The summed E-state index contributed by atoms with van der Waals surface area (Å²) in [5.74, 6) is 0.460. The first-order valence-electron chi connectivity index (χ1n) is 6.53. The lowest BCUT2D eigenvalue weighted by molar-refractivity contribution is 0.438. The molecule has 18 heavy (non-hydrogen) atoms. The molecule has 0 aromatic heterocycles. The smallest absolute Gasteiger partial charge is 0.0564 e. The molecule has 4 unspecified atom stereocenters. The van der Waals surface area contributed by atoms with Gasteiger partial charge >= 0.3 is 0 Å². The van der Waals surface area contributed by atoms with Gasteiger partial charge in [-0.05, 0) is 49.6 Å². The molecule has 1 aromatic rings. The highest BCUT2D eigenvalue weighted by Gasteiger charge is 2.36. The van der Waals surface area contributed by atoms with Crippen LogP contribution in [0, 0.1) is 5.92 Å². The van der Waals surface area contributed by atoms with Gasteiger partial charge in [-0.1, -0.05) is 25.4 Å². The third kappa shape index (κ3) is 2.95. The Balaban J connectivity index is 2.08. The van der Waals surface area contributed by atoms with Gasteiger partial charge < -0.3 is 5.32 Å². The van der Waals surface area contributed by atoms with Crippen molar-refractivity contribution in [3.05, 3.63) is 29.3 Å². The third-order valence-corrected chi connectivity index (χ3v) is 5.97. The van der Waals surface area contributed by atoms with Crippen molar-refractivity contribution < 1.29 is 4.21 Å². The molecule has 1 aromatic carbocycles. The second-order valence-electron chi connectivity index (χ2n) is 4.89. The molecule has 100 valence electrons. The minimum atomic E-state index is -0.920. The number of hydrogen-bond acceptors (Lipinski definition) is 2. The molecule has 2 nitrogen and oxygen atoms in total. The molecule has 4 atom stereocenters. The van der Waals surface area contributed by atoms with E-state index < -0.39 is 10.8 Å². The third-order valence-electron chi connectivity index (χ3n) is 3.77. The van der Waals surface area contributed by atoms with E-state index in [1.807, 2.05) is 24.3 Å². The fourth-order valence-corrected chi connectivity index (χ4v) is 4.53. The maximum atomic E-state index is 12.6. The quantitative estimate of drug-likeness (QED) is 0.920. The number of hydrogen-bond donors (Lipinski definition) is 1. The predicted molar refractivity (Wildman–Crippen MR) is 77.5 cm³/mol. The average molecular weight is 286 g/mol. The molecular formula is C14H20ClNOS. The zero-order valence-electron chi connectivity index (χ0n) is 10.9. The van der Waals surface area contributed by atoms with Crippen LogP contribution >= 0.6 is 11.6 Å². The van der Waals surface area contributed by atoms with Crippen LogP contribution < -0.4 is 5.32 Å². The van der Waals surface area contributed by atoms with Crippen molar-refractivity contribution in [3.63, 3.8) is 0 Å². The highest BCUT2D eigenvalue weighted by molar-refractivity contribution is 7.85. The number of halogens is 1. The van der Waals surface area contributed by atoms with Crippen molar-refractivity contribution in [2.75, 3.05) is 6.54 Å². The Morgan fingerprint density at radius 1 is 1.33 bits per heavy atom. The van der Waals surface area contributed by atoms with Gasteiger partial charge in [0, 0.05) is 21.2 Å². The van der Waals surface area contributed by atoms with E-state index in [2.05, 4.69) is 19.2 Å². The van der Waals surface area contributed by atoms with Gasteiger partial charge in [0.1, 0.15) is 0 Å². The predicted octanol–water partition coefficient (Wildman–Crippen LogP) is 3.22.